The van der Waals surface area contributed by atoms with E-state index in [2.05, 4.69) is 23.9 Å². The van der Waals surface area contributed by atoms with Gasteiger partial charge in [0.25, 0.3) is 0 Å². The highest BCUT2D eigenvalue weighted by atomic mass is 32.2. The average molecular weight is 284 g/mol. The molecule has 1 aromatic carbocycles. The first-order valence-corrected chi connectivity index (χ1v) is 8.56. The van der Waals surface area contributed by atoms with Crippen molar-refractivity contribution in [1.82, 2.24) is 5.32 Å². The summed E-state index contributed by atoms with van der Waals surface area (Å²) in [5, 5.41) is 3.39. The molecule has 0 amide bonds. The van der Waals surface area contributed by atoms with Gasteiger partial charge in [-0.05, 0) is 43.5 Å². The molecule has 4 nitrogen and oxygen atoms in total. The summed E-state index contributed by atoms with van der Waals surface area (Å²) in [5.74, 6) is 0. The molecule has 0 bridgehead atoms. The Hall–Kier alpha value is -1.07. The molecule has 0 aliphatic heterocycles. The molecule has 1 aromatic rings. The molecule has 0 heterocycles. The lowest BCUT2D eigenvalue weighted by Crippen LogP contribution is -2.23. The summed E-state index contributed by atoms with van der Waals surface area (Å²) in [6.45, 7) is 5.34. The number of aryl methyl sites for hydroxylation is 1. The first-order valence-electron chi connectivity index (χ1n) is 6.67. The van der Waals surface area contributed by atoms with Crippen molar-refractivity contribution in [3.05, 3.63) is 29.8 Å². The van der Waals surface area contributed by atoms with Gasteiger partial charge in [0.15, 0.2) is 0 Å². The quantitative estimate of drug-likeness (QED) is 0.721. The van der Waals surface area contributed by atoms with Crippen LogP contribution in [-0.4, -0.2) is 27.3 Å². The van der Waals surface area contributed by atoms with E-state index in [9.17, 15) is 8.42 Å². The van der Waals surface area contributed by atoms with E-state index in [1.54, 1.807) is 0 Å². The lowest BCUT2D eigenvalue weighted by molar-refractivity contribution is 0.557. The van der Waals surface area contributed by atoms with Gasteiger partial charge in [0.2, 0.25) is 10.0 Å². The minimum absolute atomic E-state index is 0.543. The highest BCUT2D eigenvalue weighted by Gasteiger charge is 2.01. The predicted molar refractivity (Wildman–Crippen MR) is 81.0 cm³/mol. The van der Waals surface area contributed by atoms with Gasteiger partial charge in [-0.15, -0.1) is 0 Å². The number of benzene rings is 1. The van der Waals surface area contributed by atoms with Crippen LogP contribution in [0.25, 0.3) is 0 Å². The fourth-order valence-electron chi connectivity index (χ4n) is 1.80. The highest BCUT2D eigenvalue weighted by Crippen LogP contribution is 2.12. The normalized spacial score (nSPS) is 11.8. The van der Waals surface area contributed by atoms with Gasteiger partial charge in [-0.1, -0.05) is 26.0 Å². The lowest BCUT2D eigenvalue weighted by Gasteiger charge is -2.08. The van der Waals surface area contributed by atoms with Crippen molar-refractivity contribution in [2.24, 2.45) is 0 Å². The van der Waals surface area contributed by atoms with Gasteiger partial charge in [-0.25, -0.2) is 8.42 Å². The maximum absolute atomic E-state index is 11.1. The Balaban J connectivity index is 2.32. The summed E-state index contributed by atoms with van der Waals surface area (Å²) in [6, 6.07) is 8.11. The molecule has 1 rings (SSSR count). The second kappa shape index (κ2) is 7.50. The third-order valence-electron chi connectivity index (χ3n) is 2.70. The highest BCUT2D eigenvalue weighted by molar-refractivity contribution is 7.92. The van der Waals surface area contributed by atoms with E-state index in [4.69, 9.17) is 0 Å². The minimum Gasteiger partial charge on any atom is -0.315 e. The average Bonchev–Trinajstić information content (AvgIpc) is 2.28. The molecule has 0 radical (unpaired) electrons. The molecule has 0 atom stereocenters. The molecule has 108 valence electrons. The van der Waals surface area contributed by atoms with Crippen LogP contribution in [-0.2, 0) is 16.4 Å². The number of hydrogen-bond acceptors (Lipinski definition) is 3. The molecule has 0 saturated carbocycles. The van der Waals surface area contributed by atoms with Crippen LogP contribution >= 0.6 is 0 Å². The molecular weight excluding hydrogens is 260 g/mol. The molecular formula is C14H24N2O2S. The molecule has 19 heavy (non-hydrogen) atoms. The first-order chi connectivity index (χ1) is 8.87. The van der Waals surface area contributed by atoms with Crippen LogP contribution in [0.1, 0.15) is 32.3 Å². The summed E-state index contributed by atoms with van der Waals surface area (Å²) < 4.78 is 24.6. The smallest absolute Gasteiger partial charge is 0.229 e. The van der Waals surface area contributed by atoms with Crippen molar-refractivity contribution in [3.8, 4) is 0 Å². The summed E-state index contributed by atoms with van der Waals surface area (Å²) in [5.41, 5.74) is 1.86. The zero-order valence-corrected chi connectivity index (χ0v) is 12.8. The standard InChI is InChI=1S/C14H24N2O2S/c1-12(2)15-11-5-4-6-13-7-9-14(10-8-13)16-19(3,17)18/h7-10,12,15-16H,4-6,11H2,1-3H3. The van der Waals surface area contributed by atoms with Crippen molar-refractivity contribution in [2.75, 3.05) is 17.5 Å². The maximum Gasteiger partial charge on any atom is 0.229 e. The fraction of sp³-hybridized carbons (Fsp3) is 0.571. The van der Waals surface area contributed by atoms with Crippen molar-refractivity contribution < 1.29 is 8.42 Å². The van der Waals surface area contributed by atoms with Crippen LogP contribution in [0.3, 0.4) is 0 Å². The van der Waals surface area contributed by atoms with Crippen LogP contribution in [0.4, 0.5) is 5.69 Å². The first kappa shape index (κ1) is 16.0. The molecule has 0 aliphatic carbocycles. The number of nitrogens with one attached hydrogen (secondary N) is 2. The van der Waals surface area contributed by atoms with Gasteiger partial charge in [0.05, 0.1) is 6.26 Å². The third-order valence-corrected chi connectivity index (χ3v) is 3.31. The number of anilines is 1. The molecule has 0 saturated heterocycles. The number of rotatable bonds is 8. The largest absolute Gasteiger partial charge is 0.315 e. The van der Waals surface area contributed by atoms with E-state index in [1.807, 2.05) is 24.3 Å². The van der Waals surface area contributed by atoms with Gasteiger partial charge < -0.3 is 5.32 Å². The second-order valence-corrected chi connectivity index (χ2v) is 6.89. The van der Waals surface area contributed by atoms with Crippen LogP contribution < -0.4 is 10.0 Å². The molecule has 2 N–H and O–H groups in total. The van der Waals surface area contributed by atoms with Crippen LogP contribution in [0.2, 0.25) is 0 Å². The lowest BCUT2D eigenvalue weighted by atomic mass is 10.1. The summed E-state index contributed by atoms with van der Waals surface area (Å²) >= 11 is 0. The minimum atomic E-state index is -3.18. The summed E-state index contributed by atoms with van der Waals surface area (Å²) in [6.07, 6.45) is 4.47. The van der Waals surface area contributed by atoms with Gasteiger partial charge in [0, 0.05) is 11.7 Å². The Bertz CT molecular complexity index is 467. The Morgan fingerprint density at radius 1 is 1.11 bits per heavy atom. The van der Waals surface area contributed by atoms with Crippen molar-refractivity contribution >= 4 is 15.7 Å². The van der Waals surface area contributed by atoms with Gasteiger partial charge >= 0.3 is 0 Å². The SMILES string of the molecule is CC(C)NCCCCc1ccc(NS(C)(=O)=O)cc1. The zero-order chi connectivity index (χ0) is 14.3. The molecule has 0 spiro atoms. The number of hydrogen-bond donors (Lipinski definition) is 2. The van der Waals surface area contributed by atoms with Crippen molar-refractivity contribution in [3.63, 3.8) is 0 Å². The van der Waals surface area contributed by atoms with E-state index in [-0.39, 0.29) is 0 Å². The van der Waals surface area contributed by atoms with E-state index >= 15 is 0 Å². The Labute approximate surface area is 116 Å². The van der Waals surface area contributed by atoms with Gasteiger partial charge in [-0.2, -0.15) is 0 Å². The maximum atomic E-state index is 11.1. The van der Waals surface area contributed by atoms with Crippen molar-refractivity contribution in [1.29, 1.82) is 0 Å². The molecule has 5 heteroatoms. The van der Waals surface area contributed by atoms with Crippen LogP contribution in [0.15, 0.2) is 24.3 Å². The summed E-state index contributed by atoms with van der Waals surface area (Å²) in [4.78, 5) is 0. The number of sulfonamides is 1. The Kier molecular flexibility index (Phi) is 6.31. The molecule has 0 unspecified atom stereocenters. The molecule has 0 aliphatic rings. The topological polar surface area (TPSA) is 58.2 Å². The predicted octanol–water partition coefficient (Wildman–Crippen LogP) is 2.38. The molecule has 0 aromatic heterocycles. The third kappa shape index (κ3) is 7.85. The Morgan fingerprint density at radius 3 is 2.26 bits per heavy atom. The fourth-order valence-corrected chi connectivity index (χ4v) is 2.36. The van der Waals surface area contributed by atoms with E-state index < -0.39 is 10.0 Å². The monoisotopic (exact) mass is 284 g/mol. The van der Waals surface area contributed by atoms with E-state index in [0.717, 1.165) is 32.1 Å². The van der Waals surface area contributed by atoms with Gasteiger partial charge in [0.1, 0.15) is 0 Å². The number of unbranched alkanes of at least 4 members (excludes halogenated alkanes) is 1. The zero-order valence-electron chi connectivity index (χ0n) is 11.9. The van der Waals surface area contributed by atoms with Gasteiger partial charge in [-0.3, -0.25) is 4.72 Å². The second-order valence-electron chi connectivity index (χ2n) is 5.14. The van der Waals surface area contributed by atoms with E-state index in [0.29, 0.717) is 11.7 Å². The van der Waals surface area contributed by atoms with Crippen LogP contribution in [0.5, 0.6) is 0 Å². The Morgan fingerprint density at radius 2 is 1.74 bits per heavy atom. The summed E-state index contributed by atoms with van der Waals surface area (Å²) in [7, 11) is -3.18. The van der Waals surface area contributed by atoms with Crippen LogP contribution in [0, 0.1) is 0 Å². The van der Waals surface area contributed by atoms with Crippen molar-refractivity contribution in [2.45, 2.75) is 39.2 Å². The van der Waals surface area contributed by atoms with E-state index in [1.165, 1.54) is 5.56 Å². The molecule has 0 fully saturated rings.